The second-order valence-electron chi connectivity index (χ2n) is 8.38. The molecule has 2 unspecified atom stereocenters. The first-order valence-electron chi connectivity index (χ1n) is 10.8. The molecule has 1 aromatic heterocycles. The van der Waals surface area contributed by atoms with E-state index in [1.165, 1.54) is 37.8 Å². The number of benzene rings is 1. The highest BCUT2D eigenvalue weighted by Gasteiger charge is 2.30. The van der Waals surface area contributed by atoms with E-state index in [2.05, 4.69) is 27.3 Å². The summed E-state index contributed by atoms with van der Waals surface area (Å²) in [5, 5.41) is 12.1. The summed E-state index contributed by atoms with van der Waals surface area (Å²) in [4.78, 5) is 7.19. The van der Waals surface area contributed by atoms with E-state index in [1.54, 1.807) is 12.1 Å². The predicted octanol–water partition coefficient (Wildman–Crippen LogP) is 3.11. The number of hydrogen-bond acceptors (Lipinski definition) is 4. The molecule has 1 aliphatic heterocycles. The largest absolute Gasteiger partial charge is 0.367 e. The maximum absolute atomic E-state index is 13.4. The molecule has 1 aromatic carbocycles. The van der Waals surface area contributed by atoms with E-state index in [0.29, 0.717) is 19.1 Å². The number of aliphatic imine (C=N–C) groups is 1. The average molecular weight is 415 g/mol. The Balaban J connectivity index is 1.55. The van der Waals surface area contributed by atoms with Crippen molar-refractivity contribution in [2.24, 2.45) is 12.0 Å². The van der Waals surface area contributed by atoms with Crippen molar-refractivity contribution >= 4 is 5.96 Å². The molecule has 2 aliphatic rings. The fourth-order valence-electron chi connectivity index (χ4n) is 4.21. The van der Waals surface area contributed by atoms with Gasteiger partial charge < -0.3 is 19.5 Å². The van der Waals surface area contributed by atoms with Crippen LogP contribution in [0.1, 0.15) is 55.9 Å². The monoisotopic (exact) mass is 414 g/mol. The Hall–Kier alpha value is -2.48. The van der Waals surface area contributed by atoms with Crippen molar-refractivity contribution in [1.29, 1.82) is 0 Å². The smallest absolute Gasteiger partial charge is 0.194 e. The summed E-state index contributed by atoms with van der Waals surface area (Å²) in [6, 6.07) is 7.04. The number of nitrogens with one attached hydrogen (secondary N) is 1. The Morgan fingerprint density at radius 1 is 1.20 bits per heavy atom. The van der Waals surface area contributed by atoms with Crippen molar-refractivity contribution in [3.63, 3.8) is 0 Å². The van der Waals surface area contributed by atoms with Crippen molar-refractivity contribution < 1.29 is 9.13 Å². The summed E-state index contributed by atoms with van der Waals surface area (Å²) >= 11 is 0. The van der Waals surface area contributed by atoms with Gasteiger partial charge in [0.1, 0.15) is 24.3 Å². The quantitative estimate of drug-likeness (QED) is 0.615. The summed E-state index contributed by atoms with van der Waals surface area (Å²) in [6.45, 7) is 5.91. The van der Waals surface area contributed by atoms with Gasteiger partial charge in [-0.15, -0.1) is 10.2 Å². The lowest BCUT2D eigenvalue weighted by Crippen LogP contribution is -2.52. The summed E-state index contributed by atoms with van der Waals surface area (Å²) in [5.41, 5.74) is 0.983. The van der Waals surface area contributed by atoms with Crippen LogP contribution in [0.15, 0.2) is 29.3 Å². The second-order valence-corrected chi connectivity index (χ2v) is 8.38. The first-order valence-corrected chi connectivity index (χ1v) is 10.8. The number of guanidine groups is 1. The van der Waals surface area contributed by atoms with E-state index in [-0.39, 0.29) is 18.0 Å². The standard InChI is InChI=1S/C22H31FN6O/c1-15-13-29(14-20(30-15)17-8-10-18(23)11-9-17)22(25-19-6-4-5-7-19)24-12-21-27-26-16(2)28(21)3/h8-11,15,19-20H,4-7,12-14H2,1-3H3,(H,24,25). The molecule has 8 heteroatoms. The van der Waals surface area contributed by atoms with Crippen molar-refractivity contribution in [3.8, 4) is 0 Å². The summed E-state index contributed by atoms with van der Waals surface area (Å²) < 4.78 is 21.5. The van der Waals surface area contributed by atoms with Gasteiger partial charge in [-0.3, -0.25) is 0 Å². The molecule has 2 atom stereocenters. The van der Waals surface area contributed by atoms with Crippen LogP contribution in [0.5, 0.6) is 0 Å². The Morgan fingerprint density at radius 3 is 2.60 bits per heavy atom. The van der Waals surface area contributed by atoms with E-state index >= 15 is 0 Å². The van der Waals surface area contributed by atoms with Crippen LogP contribution in [0, 0.1) is 12.7 Å². The fourth-order valence-corrected chi connectivity index (χ4v) is 4.21. The van der Waals surface area contributed by atoms with Gasteiger partial charge in [0.25, 0.3) is 0 Å². The van der Waals surface area contributed by atoms with Gasteiger partial charge in [0.05, 0.1) is 12.6 Å². The van der Waals surface area contributed by atoms with Crippen molar-refractivity contribution in [2.45, 2.75) is 64.3 Å². The SMILES string of the molecule is Cc1nnc(CN=C(NC2CCCC2)N2CC(C)OC(c3ccc(F)cc3)C2)n1C. The predicted molar refractivity (Wildman–Crippen MR) is 114 cm³/mol. The van der Waals surface area contributed by atoms with Crippen LogP contribution in [0.4, 0.5) is 4.39 Å². The maximum atomic E-state index is 13.4. The molecule has 0 amide bonds. The molecule has 0 bridgehead atoms. The number of rotatable bonds is 4. The number of aromatic nitrogens is 3. The number of halogens is 1. The Morgan fingerprint density at radius 2 is 1.93 bits per heavy atom. The average Bonchev–Trinajstić information content (AvgIpc) is 3.36. The first-order chi connectivity index (χ1) is 14.5. The van der Waals surface area contributed by atoms with E-state index in [4.69, 9.17) is 9.73 Å². The molecular formula is C22H31FN6O. The molecule has 1 aliphatic carbocycles. The Kier molecular flexibility index (Phi) is 6.32. The van der Waals surface area contributed by atoms with Crippen molar-refractivity contribution in [1.82, 2.24) is 25.0 Å². The summed E-state index contributed by atoms with van der Waals surface area (Å²) in [6.07, 6.45) is 4.77. The minimum Gasteiger partial charge on any atom is -0.367 e. The topological polar surface area (TPSA) is 67.6 Å². The Labute approximate surface area is 177 Å². The second kappa shape index (κ2) is 9.12. The van der Waals surface area contributed by atoms with Crippen molar-refractivity contribution in [3.05, 3.63) is 47.3 Å². The van der Waals surface area contributed by atoms with Gasteiger partial charge in [0, 0.05) is 19.6 Å². The molecular weight excluding hydrogens is 383 g/mol. The molecule has 162 valence electrons. The maximum Gasteiger partial charge on any atom is 0.194 e. The number of nitrogens with zero attached hydrogens (tertiary/aromatic N) is 5. The number of morpholine rings is 1. The van der Waals surface area contributed by atoms with Crippen LogP contribution in [0.25, 0.3) is 0 Å². The highest BCUT2D eigenvalue weighted by atomic mass is 19.1. The zero-order valence-corrected chi connectivity index (χ0v) is 18.0. The molecule has 0 spiro atoms. The van der Waals surface area contributed by atoms with Crippen LogP contribution in [-0.4, -0.2) is 50.9 Å². The zero-order chi connectivity index (χ0) is 21.1. The molecule has 0 radical (unpaired) electrons. The molecule has 7 nitrogen and oxygen atoms in total. The number of hydrogen-bond donors (Lipinski definition) is 1. The third-order valence-corrected chi connectivity index (χ3v) is 6.04. The van der Waals surface area contributed by atoms with Gasteiger partial charge in [0.15, 0.2) is 11.8 Å². The van der Waals surface area contributed by atoms with Crippen LogP contribution >= 0.6 is 0 Å². The molecule has 1 N–H and O–H groups in total. The third-order valence-electron chi connectivity index (χ3n) is 6.04. The molecule has 1 saturated heterocycles. The summed E-state index contributed by atoms with van der Waals surface area (Å²) in [7, 11) is 1.96. The van der Waals surface area contributed by atoms with E-state index < -0.39 is 0 Å². The molecule has 30 heavy (non-hydrogen) atoms. The normalized spacial score (nSPS) is 23.2. The first kappa shape index (κ1) is 20.8. The Bertz CT molecular complexity index is 874. The summed E-state index contributed by atoms with van der Waals surface area (Å²) in [5.74, 6) is 2.38. The van der Waals surface area contributed by atoms with Gasteiger partial charge in [-0.25, -0.2) is 9.38 Å². The molecule has 2 aromatic rings. The minimum absolute atomic E-state index is 0.0430. The van der Waals surface area contributed by atoms with Gasteiger partial charge in [-0.2, -0.15) is 0 Å². The number of ether oxygens (including phenoxy) is 1. The van der Waals surface area contributed by atoms with Gasteiger partial charge in [-0.1, -0.05) is 25.0 Å². The zero-order valence-electron chi connectivity index (χ0n) is 18.0. The molecule has 1 saturated carbocycles. The molecule has 4 rings (SSSR count). The minimum atomic E-state index is -0.233. The molecule has 2 fully saturated rings. The number of aryl methyl sites for hydroxylation is 1. The van der Waals surface area contributed by atoms with E-state index in [9.17, 15) is 4.39 Å². The van der Waals surface area contributed by atoms with Crippen LogP contribution < -0.4 is 5.32 Å². The van der Waals surface area contributed by atoms with E-state index in [0.717, 1.165) is 29.7 Å². The van der Waals surface area contributed by atoms with Gasteiger partial charge >= 0.3 is 0 Å². The van der Waals surface area contributed by atoms with Gasteiger partial charge in [-0.05, 0) is 44.4 Å². The van der Waals surface area contributed by atoms with Crippen LogP contribution in [0.2, 0.25) is 0 Å². The highest BCUT2D eigenvalue weighted by molar-refractivity contribution is 5.80. The lowest BCUT2D eigenvalue weighted by atomic mass is 10.1. The fraction of sp³-hybridized carbons (Fsp3) is 0.591. The van der Waals surface area contributed by atoms with Gasteiger partial charge in [0.2, 0.25) is 0 Å². The van der Waals surface area contributed by atoms with E-state index in [1.807, 2.05) is 18.5 Å². The lowest BCUT2D eigenvalue weighted by molar-refractivity contribution is -0.0606. The van der Waals surface area contributed by atoms with Crippen molar-refractivity contribution in [2.75, 3.05) is 13.1 Å². The van der Waals surface area contributed by atoms with Crippen LogP contribution in [-0.2, 0) is 18.3 Å². The molecule has 2 heterocycles. The van der Waals surface area contributed by atoms with Crippen LogP contribution in [0.3, 0.4) is 0 Å². The highest BCUT2D eigenvalue weighted by Crippen LogP contribution is 2.26. The third kappa shape index (κ3) is 4.80. The lowest BCUT2D eigenvalue weighted by Gasteiger charge is -2.39.